The molecule has 0 aliphatic carbocycles. The third kappa shape index (κ3) is 4.60. The van der Waals surface area contributed by atoms with Crippen molar-refractivity contribution in [2.24, 2.45) is 0 Å². The van der Waals surface area contributed by atoms with Crippen LogP contribution in [0.5, 0.6) is 11.5 Å². The minimum Gasteiger partial charge on any atom is -0.493 e. The molecule has 0 saturated carbocycles. The smallest absolute Gasteiger partial charge is 0.337 e. The van der Waals surface area contributed by atoms with E-state index in [0.717, 1.165) is 55.2 Å². The van der Waals surface area contributed by atoms with Crippen LogP contribution in [0.3, 0.4) is 0 Å². The van der Waals surface area contributed by atoms with Crippen LogP contribution in [0.2, 0.25) is 5.02 Å². The number of methoxy groups -OCH3 is 1. The monoisotopic (exact) mass is 416 g/mol. The van der Waals surface area contributed by atoms with Crippen LogP contribution in [0.15, 0.2) is 36.4 Å². The highest BCUT2D eigenvalue weighted by Crippen LogP contribution is 2.33. The van der Waals surface area contributed by atoms with Crippen molar-refractivity contribution in [3.05, 3.63) is 52.5 Å². The van der Waals surface area contributed by atoms with E-state index in [2.05, 4.69) is 10.2 Å². The van der Waals surface area contributed by atoms with Gasteiger partial charge in [-0.05, 0) is 49.7 Å². The summed E-state index contributed by atoms with van der Waals surface area (Å²) < 4.78 is 17.1. The van der Waals surface area contributed by atoms with Gasteiger partial charge in [0.15, 0.2) is 0 Å². The van der Waals surface area contributed by atoms with Crippen molar-refractivity contribution in [3.63, 3.8) is 0 Å². The number of rotatable bonds is 3. The zero-order valence-electron chi connectivity index (χ0n) is 16.4. The molecule has 0 amide bonds. The first-order valence-corrected chi connectivity index (χ1v) is 10.3. The number of fused-ring (bicyclic) bond motifs is 2. The number of anilines is 1. The second-order valence-electron chi connectivity index (χ2n) is 7.30. The second kappa shape index (κ2) is 8.93. The van der Waals surface area contributed by atoms with Gasteiger partial charge in [-0.25, -0.2) is 4.79 Å². The highest BCUT2D eigenvalue weighted by molar-refractivity contribution is 6.30. The highest BCUT2D eigenvalue weighted by Gasteiger charge is 2.24. The quantitative estimate of drug-likeness (QED) is 0.770. The van der Waals surface area contributed by atoms with E-state index < -0.39 is 0 Å². The Morgan fingerprint density at radius 1 is 1.24 bits per heavy atom. The van der Waals surface area contributed by atoms with Crippen molar-refractivity contribution in [2.75, 3.05) is 38.3 Å². The SMILES string of the molecule is COC(=O)c1ccc2c(c1)N(C[C@@H]1CCN1)CCCOc1cc(Cl)ccc1CO2. The average Bonchev–Trinajstić information content (AvgIpc) is 2.73. The molecule has 2 aromatic rings. The van der Waals surface area contributed by atoms with Crippen molar-refractivity contribution in [3.8, 4) is 11.5 Å². The Morgan fingerprint density at radius 2 is 2.10 bits per heavy atom. The summed E-state index contributed by atoms with van der Waals surface area (Å²) in [6, 6.07) is 11.5. The third-order valence-electron chi connectivity index (χ3n) is 5.33. The summed E-state index contributed by atoms with van der Waals surface area (Å²) in [6.45, 7) is 3.61. The van der Waals surface area contributed by atoms with Crippen LogP contribution < -0.4 is 19.7 Å². The van der Waals surface area contributed by atoms with Gasteiger partial charge in [0.2, 0.25) is 0 Å². The molecule has 0 bridgehead atoms. The molecule has 0 radical (unpaired) electrons. The lowest BCUT2D eigenvalue weighted by Crippen LogP contribution is -2.50. The molecular formula is C22H25ClN2O4. The van der Waals surface area contributed by atoms with Crippen LogP contribution in [0.4, 0.5) is 5.69 Å². The van der Waals surface area contributed by atoms with E-state index in [-0.39, 0.29) is 5.97 Å². The van der Waals surface area contributed by atoms with Gasteiger partial charge in [-0.2, -0.15) is 0 Å². The number of esters is 1. The first-order chi connectivity index (χ1) is 14.1. The van der Waals surface area contributed by atoms with Crippen LogP contribution in [-0.4, -0.2) is 45.4 Å². The molecule has 2 aliphatic heterocycles. The van der Waals surface area contributed by atoms with E-state index in [9.17, 15) is 4.79 Å². The summed E-state index contributed by atoms with van der Waals surface area (Å²) in [5, 5.41) is 4.09. The first kappa shape index (κ1) is 19.9. The molecule has 6 nitrogen and oxygen atoms in total. The molecule has 2 heterocycles. The van der Waals surface area contributed by atoms with Crippen molar-refractivity contribution >= 4 is 23.3 Å². The fraction of sp³-hybridized carbons (Fsp3) is 0.409. The maximum absolute atomic E-state index is 12.1. The predicted octanol–water partition coefficient (Wildman–Crippen LogP) is 3.66. The van der Waals surface area contributed by atoms with Crippen LogP contribution in [0.25, 0.3) is 0 Å². The van der Waals surface area contributed by atoms with Crippen molar-refractivity contribution in [2.45, 2.75) is 25.5 Å². The lowest BCUT2D eigenvalue weighted by molar-refractivity contribution is 0.0600. The molecule has 29 heavy (non-hydrogen) atoms. The molecular weight excluding hydrogens is 392 g/mol. The third-order valence-corrected chi connectivity index (χ3v) is 5.56. The molecule has 1 fully saturated rings. The van der Waals surface area contributed by atoms with Crippen LogP contribution in [-0.2, 0) is 11.3 Å². The molecule has 154 valence electrons. The second-order valence-corrected chi connectivity index (χ2v) is 7.74. The van der Waals surface area contributed by atoms with E-state index in [1.165, 1.54) is 7.11 Å². The molecule has 0 unspecified atom stereocenters. The van der Waals surface area contributed by atoms with E-state index in [1.807, 2.05) is 30.3 Å². The van der Waals surface area contributed by atoms with Gasteiger partial charge in [-0.1, -0.05) is 17.7 Å². The minimum absolute atomic E-state index is 0.354. The van der Waals surface area contributed by atoms with Crippen molar-refractivity contribution < 1.29 is 19.0 Å². The van der Waals surface area contributed by atoms with E-state index in [0.29, 0.717) is 29.8 Å². The Labute approximate surface area is 175 Å². The Morgan fingerprint density at radius 3 is 2.86 bits per heavy atom. The number of carbonyl (C=O) groups is 1. The predicted molar refractivity (Wildman–Crippen MR) is 112 cm³/mol. The van der Waals surface area contributed by atoms with Crippen LogP contribution in [0.1, 0.15) is 28.8 Å². The molecule has 1 N–H and O–H groups in total. The van der Waals surface area contributed by atoms with Gasteiger partial charge in [-0.3, -0.25) is 0 Å². The van der Waals surface area contributed by atoms with Gasteiger partial charge in [0, 0.05) is 29.7 Å². The average molecular weight is 417 g/mol. The molecule has 2 aromatic carbocycles. The molecule has 0 aromatic heterocycles. The number of nitrogens with one attached hydrogen (secondary N) is 1. The Hall–Kier alpha value is -2.44. The molecule has 2 aliphatic rings. The normalized spacial score (nSPS) is 18.8. The van der Waals surface area contributed by atoms with Gasteiger partial charge in [-0.15, -0.1) is 0 Å². The summed E-state index contributed by atoms with van der Waals surface area (Å²) in [5.41, 5.74) is 2.35. The topological polar surface area (TPSA) is 60.0 Å². The zero-order valence-corrected chi connectivity index (χ0v) is 17.2. The number of hydrogen-bond acceptors (Lipinski definition) is 6. The summed E-state index contributed by atoms with van der Waals surface area (Å²) in [6.07, 6.45) is 1.98. The van der Waals surface area contributed by atoms with Crippen molar-refractivity contribution in [1.29, 1.82) is 0 Å². The maximum atomic E-state index is 12.1. The van der Waals surface area contributed by atoms with Gasteiger partial charge >= 0.3 is 5.97 Å². The Balaban J connectivity index is 1.68. The van der Waals surface area contributed by atoms with Crippen LogP contribution >= 0.6 is 11.6 Å². The largest absolute Gasteiger partial charge is 0.493 e. The number of benzene rings is 2. The van der Waals surface area contributed by atoms with Gasteiger partial charge in [0.1, 0.15) is 18.1 Å². The summed E-state index contributed by atoms with van der Waals surface area (Å²) >= 11 is 6.14. The molecule has 1 atom stereocenters. The van der Waals surface area contributed by atoms with E-state index in [1.54, 1.807) is 6.07 Å². The first-order valence-electron chi connectivity index (χ1n) is 9.89. The Kier molecular flexibility index (Phi) is 6.11. The van der Waals surface area contributed by atoms with E-state index in [4.69, 9.17) is 25.8 Å². The standard InChI is InChI=1S/C22H25ClN2O4/c1-27-22(26)15-4-6-20-19(11-15)25(13-18-7-8-24-18)9-2-10-28-21-12-17(23)5-3-16(21)14-29-20/h3-6,11-12,18,24H,2,7-10,13-14H2,1H3/t18-/m0/s1. The number of ether oxygens (including phenoxy) is 3. The van der Waals surface area contributed by atoms with Gasteiger partial charge in [0.25, 0.3) is 0 Å². The minimum atomic E-state index is -0.354. The number of hydrogen-bond donors (Lipinski definition) is 1. The Bertz CT molecular complexity index is 885. The van der Waals surface area contributed by atoms with Gasteiger partial charge < -0.3 is 24.4 Å². The number of halogens is 1. The fourth-order valence-corrected chi connectivity index (χ4v) is 3.75. The lowest BCUT2D eigenvalue weighted by Gasteiger charge is -2.35. The molecule has 4 rings (SSSR count). The van der Waals surface area contributed by atoms with Crippen LogP contribution in [0, 0.1) is 0 Å². The molecule has 0 spiro atoms. The molecule has 1 saturated heterocycles. The highest BCUT2D eigenvalue weighted by atomic mass is 35.5. The summed E-state index contributed by atoms with van der Waals surface area (Å²) in [7, 11) is 1.39. The lowest BCUT2D eigenvalue weighted by atomic mass is 10.1. The van der Waals surface area contributed by atoms with E-state index >= 15 is 0 Å². The zero-order chi connectivity index (χ0) is 20.2. The number of nitrogens with zero attached hydrogens (tertiary/aromatic N) is 1. The van der Waals surface area contributed by atoms with Gasteiger partial charge in [0.05, 0.1) is 25.0 Å². The fourth-order valence-electron chi connectivity index (χ4n) is 3.59. The molecule has 7 heteroatoms. The summed E-state index contributed by atoms with van der Waals surface area (Å²) in [4.78, 5) is 14.4. The van der Waals surface area contributed by atoms with Crippen molar-refractivity contribution in [1.82, 2.24) is 5.32 Å². The maximum Gasteiger partial charge on any atom is 0.337 e. The number of carbonyl (C=O) groups excluding carboxylic acids is 1. The summed E-state index contributed by atoms with van der Waals surface area (Å²) in [5.74, 6) is 1.13.